The Labute approximate surface area is 74.8 Å². The van der Waals surface area contributed by atoms with Crippen LogP contribution in [0.3, 0.4) is 0 Å². The highest BCUT2D eigenvalue weighted by atomic mass is 19.4. The van der Waals surface area contributed by atoms with Crippen molar-refractivity contribution in [3.63, 3.8) is 0 Å². The number of hydrogen-bond acceptors (Lipinski definition) is 1. The van der Waals surface area contributed by atoms with E-state index in [0.717, 1.165) is 0 Å². The Morgan fingerprint density at radius 2 is 2.15 bits per heavy atom. The summed E-state index contributed by atoms with van der Waals surface area (Å²) in [5, 5.41) is 1.79. The van der Waals surface area contributed by atoms with Gasteiger partial charge in [0.25, 0.3) is 0 Å². The maximum Gasteiger partial charge on any atom is 0.405 e. The summed E-state index contributed by atoms with van der Waals surface area (Å²) in [6.45, 7) is 3.78. The van der Waals surface area contributed by atoms with Crippen molar-refractivity contribution < 1.29 is 18.0 Å². The number of alkyl halides is 3. The maximum absolute atomic E-state index is 11.6. The van der Waals surface area contributed by atoms with Crippen LogP contribution in [0.25, 0.3) is 0 Å². The monoisotopic (exact) mass is 195 g/mol. The van der Waals surface area contributed by atoms with Crippen LogP contribution in [0.2, 0.25) is 0 Å². The third-order valence-electron chi connectivity index (χ3n) is 1.52. The van der Waals surface area contributed by atoms with E-state index in [4.69, 9.17) is 0 Å². The van der Waals surface area contributed by atoms with E-state index >= 15 is 0 Å². The predicted molar refractivity (Wildman–Crippen MR) is 43.0 cm³/mol. The topological polar surface area (TPSA) is 29.1 Å². The Kier molecular flexibility index (Phi) is 4.51. The van der Waals surface area contributed by atoms with Crippen molar-refractivity contribution in [3.8, 4) is 0 Å². The summed E-state index contributed by atoms with van der Waals surface area (Å²) >= 11 is 0. The molecule has 0 aliphatic rings. The molecule has 13 heavy (non-hydrogen) atoms. The first-order chi connectivity index (χ1) is 5.90. The van der Waals surface area contributed by atoms with Gasteiger partial charge in [-0.1, -0.05) is 13.0 Å². The molecule has 1 unspecified atom stereocenters. The first-order valence-electron chi connectivity index (χ1n) is 3.87. The summed E-state index contributed by atoms with van der Waals surface area (Å²) in [5.74, 6) is -1.17. The van der Waals surface area contributed by atoms with E-state index in [1.165, 1.54) is 6.08 Å². The number of carbonyl (C=O) groups is 1. The zero-order chi connectivity index (χ0) is 10.5. The highest BCUT2D eigenvalue weighted by Gasteiger charge is 2.28. The van der Waals surface area contributed by atoms with Crippen LogP contribution in [0.5, 0.6) is 0 Å². The lowest BCUT2D eigenvalue weighted by Crippen LogP contribution is -2.36. The molecule has 0 radical (unpaired) electrons. The minimum atomic E-state index is -4.35. The standard InChI is InChI=1S/C8H12F3NO/c1-3-6(4-2)7(13)12-5-8(9,10)11/h3,6H,1,4-5H2,2H3,(H,12,13). The van der Waals surface area contributed by atoms with Gasteiger partial charge < -0.3 is 5.32 Å². The second kappa shape index (κ2) is 4.89. The fraction of sp³-hybridized carbons (Fsp3) is 0.625. The van der Waals surface area contributed by atoms with E-state index in [9.17, 15) is 18.0 Å². The average molecular weight is 195 g/mol. The summed E-state index contributed by atoms with van der Waals surface area (Å²) in [7, 11) is 0. The summed E-state index contributed by atoms with van der Waals surface area (Å²) in [5.41, 5.74) is 0. The molecule has 0 aromatic rings. The fourth-order valence-electron chi connectivity index (χ4n) is 0.778. The Balaban J connectivity index is 3.93. The van der Waals surface area contributed by atoms with Crippen molar-refractivity contribution in [3.05, 3.63) is 12.7 Å². The molecule has 0 saturated heterocycles. The SMILES string of the molecule is C=CC(CC)C(=O)NCC(F)(F)F. The molecule has 0 aliphatic heterocycles. The van der Waals surface area contributed by atoms with Gasteiger partial charge >= 0.3 is 6.18 Å². The third-order valence-corrected chi connectivity index (χ3v) is 1.52. The molecule has 1 N–H and O–H groups in total. The second-order valence-corrected chi connectivity index (χ2v) is 2.58. The molecule has 0 spiro atoms. The summed E-state index contributed by atoms with van der Waals surface area (Å²) < 4.78 is 34.9. The van der Waals surface area contributed by atoms with Crippen molar-refractivity contribution in [2.45, 2.75) is 19.5 Å². The average Bonchev–Trinajstić information content (AvgIpc) is 2.02. The smallest absolute Gasteiger partial charge is 0.346 e. The van der Waals surface area contributed by atoms with Gasteiger partial charge in [0.05, 0.1) is 5.92 Å². The summed E-state index contributed by atoms with van der Waals surface area (Å²) in [6, 6.07) is 0. The first kappa shape index (κ1) is 12.0. The molecule has 0 aliphatic carbocycles. The van der Waals surface area contributed by atoms with Gasteiger partial charge in [0.15, 0.2) is 0 Å². The quantitative estimate of drug-likeness (QED) is 0.682. The molecule has 0 fully saturated rings. The maximum atomic E-state index is 11.6. The number of halogens is 3. The van der Waals surface area contributed by atoms with E-state index in [-0.39, 0.29) is 0 Å². The number of hydrogen-bond donors (Lipinski definition) is 1. The van der Waals surface area contributed by atoms with Gasteiger partial charge in [-0.2, -0.15) is 13.2 Å². The minimum Gasteiger partial charge on any atom is -0.346 e. The molecular formula is C8H12F3NO. The van der Waals surface area contributed by atoms with Crippen LogP contribution in [0.15, 0.2) is 12.7 Å². The lowest BCUT2D eigenvalue weighted by atomic mass is 10.1. The molecule has 0 saturated carbocycles. The Bertz CT molecular complexity index is 188. The molecule has 0 heterocycles. The van der Waals surface area contributed by atoms with Crippen molar-refractivity contribution in [2.75, 3.05) is 6.54 Å². The van der Waals surface area contributed by atoms with E-state index in [1.54, 1.807) is 12.2 Å². The van der Waals surface area contributed by atoms with Gasteiger partial charge in [-0.25, -0.2) is 0 Å². The van der Waals surface area contributed by atoms with Crippen molar-refractivity contribution in [2.24, 2.45) is 5.92 Å². The van der Waals surface area contributed by atoms with Crippen molar-refractivity contribution >= 4 is 5.91 Å². The Morgan fingerprint density at radius 3 is 2.46 bits per heavy atom. The highest BCUT2D eigenvalue weighted by molar-refractivity contribution is 5.80. The van der Waals surface area contributed by atoms with E-state index in [1.807, 2.05) is 0 Å². The molecule has 1 amide bonds. The van der Waals surface area contributed by atoms with Crippen LogP contribution in [-0.2, 0) is 4.79 Å². The van der Waals surface area contributed by atoms with Gasteiger partial charge in [0, 0.05) is 0 Å². The van der Waals surface area contributed by atoms with Crippen LogP contribution < -0.4 is 5.32 Å². The van der Waals surface area contributed by atoms with E-state index in [0.29, 0.717) is 6.42 Å². The van der Waals surface area contributed by atoms with Gasteiger partial charge in [-0.15, -0.1) is 6.58 Å². The predicted octanol–water partition coefficient (Wildman–Crippen LogP) is 1.88. The molecule has 0 aromatic carbocycles. The largest absolute Gasteiger partial charge is 0.405 e. The van der Waals surface area contributed by atoms with E-state index < -0.39 is 24.5 Å². The van der Waals surface area contributed by atoms with Crippen molar-refractivity contribution in [1.29, 1.82) is 0 Å². The molecular weight excluding hydrogens is 183 g/mol. The lowest BCUT2D eigenvalue weighted by Gasteiger charge is -2.12. The van der Waals surface area contributed by atoms with Crippen LogP contribution >= 0.6 is 0 Å². The number of amides is 1. The number of rotatable bonds is 4. The van der Waals surface area contributed by atoms with Crippen LogP contribution in [0, 0.1) is 5.92 Å². The summed E-state index contributed by atoms with van der Waals surface area (Å²) in [6.07, 6.45) is -2.56. The lowest BCUT2D eigenvalue weighted by molar-refractivity contribution is -0.139. The second-order valence-electron chi connectivity index (χ2n) is 2.58. The van der Waals surface area contributed by atoms with Crippen LogP contribution in [-0.4, -0.2) is 18.6 Å². The van der Waals surface area contributed by atoms with E-state index in [2.05, 4.69) is 6.58 Å². The minimum absolute atomic E-state index is 0.452. The Morgan fingerprint density at radius 1 is 1.62 bits per heavy atom. The van der Waals surface area contributed by atoms with Gasteiger partial charge in [-0.3, -0.25) is 4.79 Å². The molecule has 2 nitrogen and oxygen atoms in total. The molecule has 0 aromatic heterocycles. The van der Waals surface area contributed by atoms with Gasteiger partial charge in [0.1, 0.15) is 6.54 Å². The Hall–Kier alpha value is -1.00. The first-order valence-corrected chi connectivity index (χ1v) is 3.87. The van der Waals surface area contributed by atoms with Crippen LogP contribution in [0.4, 0.5) is 13.2 Å². The highest BCUT2D eigenvalue weighted by Crippen LogP contribution is 2.13. The zero-order valence-electron chi connectivity index (χ0n) is 7.32. The number of carbonyl (C=O) groups excluding carboxylic acids is 1. The normalized spacial score (nSPS) is 13.5. The summed E-state index contributed by atoms with van der Waals surface area (Å²) in [4.78, 5) is 11.0. The number of nitrogens with one attached hydrogen (secondary N) is 1. The van der Waals surface area contributed by atoms with Gasteiger partial charge in [0.2, 0.25) is 5.91 Å². The molecule has 5 heteroatoms. The van der Waals surface area contributed by atoms with Crippen LogP contribution in [0.1, 0.15) is 13.3 Å². The zero-order valence-corrected chi connectivity index (χ0v) is 7.32. The van der Waals surface area contributed by atoms with Crippen molar-refractivity contribution in [1.82, 2.24) is 5.32 Å². The fourth-order valence-corrected chi connectivity index (χ4v) is 0.778. The third kappa shape index (κ3) is 5.27. The van der Waals surface area contributed by atoms with Gasteiger partial charge in [-0.05, 0) is 6.42 Å². The molecule has 1 atom stereocenters. The molecule has 0 rings (SSSR count). The molecule has 0 bridgehead atoms. The molecule has 76 valence electrons.